The van der Waals surface area contributed by atoms with E-state index in [1.54, 1.807) is 31.6 Å². The van der Waals surface area contributed by atoms with E-state index in [1.165, 1.54) is 4.90 Å². The second-order valence-corrected chi connectivity index (χ2v) is 6.62. The van der Waals surface area contributed by atoms with Gasteiger partial charge in [-0.2, -0.15) is 0 Å². The molecule has 0 unspecified atom stereocenters. The van der Waals surface area contributed by atoms with Gasteiger partial charge in [0.05, 0.1) is 12.7 Å². The number of hydrogen-bond donors (Lipinski definition) is 0. The summed E-state index contributed by atoms with van der Waals surface area (Å²) in [6, 6.07) is 11.2. The summed E-state index contributed by atoms with van der Waals surface area (Å²) in [5, 5.41) is 0. The average molecular weight is 391 g/mol. The SMILES string of the molecule is C=CCN1C(=O)C(c2ccccc2OC)=C(N(CC)CCc2ccncc2)C1=O. The molecule has 6 heteroatoms. The number of amides is 2. The normalized spacial score (nSPS) is 13.8. The highest BCUT2D eigenvalue weighted by Crippen LogP contribution is 2.36. The number of likely N-dealkylation sites (N-methyl/N-ethyl adjacent to an activating group) is 1. The van der Waals surface area contributed by atoms with Crippen LogP contribution in [0.2, 0.25) is 0 Å². The quantitative estimate of drug-likeness (QED) is 0.486. The standard InChI is InChI=1S/C23H25N3O3/c1-4-15-26-22(27)20(18-8-6-7-9-19(18)29-3)21(23(26)28)25(5-2)16-12-17-10-13-24-14-11-17/h4,6-11,13-14H,1,5,12,15-16H2,2-3H3. The average Bonchev–Trinajstić information content (AvgIpc) is 3.00. The largest absolute Gasteiger partial charge is 0.496 e. The number of hydrogen-bond acceptors (Lipinski definition) is 5. The number of rotatable bonds is 9. The Kier molecular flexibility index (Phi) is 6.44. The Hall–Kier alpha value is -3.41. The van der Waals surface area contributed by atoms with Crippen molar-refractivity contribution in [3.63, 3.8) is 0 Å². The lowest BCUT2D eigenvalue weighted by Crippen LogP contribution is -2.36. The fourth-order valence-corrected chi connectivity index (χ4v) is 3.49. The molecule has 0 N–H and O–H groups in total. The van der Waals surface area contributed by atoms with Crippen LogP contribution >= 0.6 is 0 Å². The molecular formula is C23H25N3O3. The number of imide groups is 1. The first-order valence-corrected chi connectivity index (χ1v) is 9.61. The van der Waals surface area contributed by atoms with Gasteiger partial charge in [0.2, 0.25) is 0 Å². The van der Waals surface area contributed by atoms with Crippen LogP contribution in [-0.4, -0.2) is 53.3 Å². The molecular weight excluding hydrogens is 366 g/mol. The second kappa shape index (κ2) is 9.19. The summed E-state index contributed by atoms with van der Waals surface area (Å²) >= 11 is 0. The van der Waals surface area contributed by atoms with E-state index in [2.05, 4.69) is 11.6 Å². The highest BCUT2D eigenvalue weighted by Gasteiger charge is 2.41. The highest BCUT2D eigenvalue weighted by molar-refractivity contribution is 6.36. The van der Waals surface area contributed by atoms with Crippen molar-refractivity contribution in [2.45, 2.75) is 13.3 Å². The van der Waals surface area contributed by atoms with Gasteiger partial charge in [-0.25, -0.2) is 0 Å². The molecule has 3 rings (SSSR count). The van der Waals surface area contributed by atoms with Gasteiger partial charge in [-0.1, -0.05) is 24.3 Å². The Balaban J connectivity index is 2.04. The molecule has 0 bridgehead atoms. The Morgan fingerprint density at radius 1 is 1.14 bits per heavy atom. The topological polar surface area (TPSA) is 62.7 Å². The smallest absolute Gasteiger partial charge is 0.278 e. The van der Waals surface area contributed by atoms with Crippen LogP contribution < -0.4 is 4.74 Å². The maximum atomic E-state index is 13.2. The van der Waals surface area contributed by atoms with Crippen LogP contribution in [0.5, 0.6) is 5.75 Å². The zero-order valence-electron chi connectivity index (χ0n) is 16.8. The van der Waals surface area contributed by atoms with E-state index in [1.807, 2.05) is 42.2 Å². The molecule has 29 heavy (non-hydrogen) atoms. The van der Waals surface area contributed by atoms with E-state index < -0.39 is 0 Å². The number of aromatic nitrogens is 1. The van der Waals surface area contributed by atoms with Gasteiger partial charge in [0, 0.05) is 37.6 Å². The van der Waals surface area contributed by atoms with Gasteiger partial charge in [-0.05, 0) is 37.1 Å². The zero-order chi connectivity index (χ0) is 20.8. The summed E-state index contributed by atoms with van der Waals surface area (Å²) in [6.45, 7) is 7.03. The third-order valence-electron chi connectivity index (χ3n) is 4.95. The molecule has 1 aliphatic rings. The van der Waals surface area contributed by atoms with Crippen molar-refractivity contribution in [2.75, 3.05) is 26.7 Å². The minimum Gasteiger partial charge on any atom is -0.496 e. The second-order valence-electron chi connectivity index (χ2n) is 6.62. The molecule has 0 atom stereocenters. The Labute approximate surface area is 171 Å². The van der Waals surface area contributed by atoms with Crippen molar-refractivity contribution < 1.29 is 14.3 Å². The van der Waals surface area contributed by atoms with Crippen LogP contribution in [0.3, 0.4) is 0 Å². The first-order chi connectivity index (χ1) is 14.1. The highest BCUT2D eigenvalue weighted by atomic mass is 16.5. The summed E-state index contributed by atoms with van der Waals surface area (Å²) in [5.41, 5.74) is 2.54. The van der Waals surface area contributed by atoms with Crippen molar-refractivity contribution in [1.29, 1.82) is 0 Å². The van der Waals surface area contributed by atoms with Gasteiger partial charge in [0.15, 0.2) is 0 Å². The van der Waals surface area contributed by atoms with Crippen LogP contribution in [-0.2, 0) is 16.0 Å². The lowest BCUT2D eigenvalue weighted by molar-refractivity contribution is -0.136. The maximum Gasteiger partial charge on any atom is 0.278 e. The molecule has 0 aliphatic carbocycles. The fourth-order valence-electron chi connectivity index (χ4n) is 3.49. The zero-order valence-corrected chi connectivity index (χ0v) is 16.8. The van der Waals surface area contributed by atoms with Crippen molar-refractivity contribution in [1.82, 2.24) is 14.8 Å². The monoisotopic (exact) mass is 391 g/mol. The minimum absolute atomic E-state index is 0.168. The number of pyridine rings is 1. The lowest BCUT2D eigenvalue weighted by atomic mass is 10.0. The molecule has 150 valence electrons. The van der Waals surface area contributed by atoms with Gasteiger partial charge in [-0.15, -0.1) is 6.58 Å². The van der Waals surface area contributed by atoms with Crippen molar-refractivity contribution in [2.24, 2.45) is 0 Å². The Morgan fingerprint density at radius 3 is 2.52 bits per heavy atom. The number of carbonyl (C=O) groups is 2. The Morgan fingerprint density at radius 2 is 1.86 bits per heavy atom. The number of nitrogens with zero attached hydrogens (tertiary/aromatic N) is 3. The van der Waals surface area contributed by atoms with Crippen molar-refractivity contribution >= 4 is 17.4 Å². The van der Waals surface area contributed by atoms with Gasteiger partial charge < -0.3 is 9.64 Å². The molecule has 1 aliphatic heterocycles. The number of para-hydroxylation sites is 1. The van der Waals surface area contributed by atoms with Gasteiger partial charge in [0.25, 0.3) is 11.8 Å². The molecule has 0 radical (unpaired) electrons. The Bertz CT molecular complexity index is 937. The molecule has 0 spiro atoms. The first kappa shape index (κ1) is 20.3. The molecule has 1 aromatic carbocycles. The third kappa shape index (κ3) is 4.06. The van der Waals surface area contributed by atoms with E-state index in [0.29, 0.717) is 35.7 Å². The molecule has 1 aromatic heterocycles. The third-order valence-corrected chi connectivity index (χ3v) is 4.95. The van der Waals surface area contributed by atoms with Crippen molar-refractivity contribution in [3.05, 3.63) is 78.3 Å². The number of methoxy groups -OCH3 is 1. The minimum atomic E-state index is -0.322. The summed E-state index contributed by atoms with van der Waals surface area (Å²) in [7, 11) is 1.56. The summed E-state index contributed by atoms with van der Waals surface area (Å²) in [6.07, 6.45) is 5.80. The molecule has 6 nitrogen and oxygen atoms in total. The number of benzene rings is 1. The summed E-state index contributed by atoms with van der Waals surface area (Å²) in [5.74, 6) is -0.0593. The van der Waals surface area contributed by atoms with E-state index in [4.69, 9.17) is 4.74 Å². The van der Waals surface area contributed by atoms with Crippen LogP contribution in [0.1, 0.15) is 18.1 Å². The fraction of sp³-hybridized carbons (Fsp3) is 0.261. The predicted octanol–water partition coefficient (Wildman–Crippen LogP) is 2.92. The van der Waals surface area contributed by atoms with E-state index in [0.717, 1.165) is 12.0 Å². The van der Waals surface area contributed by atoms with E-state index >= 15 is 0 Å². The van der Waals surface area contributed by atoms with Crippen LogP contribution in [0, 0.1) is 0 Å². The number of carbonyl (C=O) groups excluding carboxylic acids is 2. The summed E-state index contributed by atoms with van der Waals surface area (Å²) < 4.78 is 5.47. The molecule has 2 heterocycles. The predicted molar refractivity (Wildman–Crippen MR) is 112 cm³/mol. The van der Waals surface area contributed by atoms with Gasteiger partial charge >= 0.3 is 0 Å². The first-order valence-electron chi connectivity index (χ1n) is 9.61. The number of ether oxygens (including phenoxy) is 1. The van der Waals surface area contributed by atoms with Gasteiger partial charge in [0.1, 0.15) is 11.4 Å². The van der Waals surface area contributed by atoms with Crippen LogP contribution in [0.4, 0.5) is 0 Å². The lowest BCUT2D eigenvalue weighted by Gasteiger charge is -2.24. The van der Waals surface area contributed by atoms with Crippen molar-refractivity contribution in [3.8, 4) is 5.75 Å². The molecule has 2 aromatic rings. The van der Waals surface area contributed by atoms with Crippen LogP contribution in [0.25, 0.3) is 5.57 Å². The molecule has 0 fully saturated rings. The van der Waals surface area contributed by atoms with Gasteiger partial charge in [-0.3, -0.25) is 19.5 Å². The maximum absolute atomic E-state index is 13.2. The molecule has 2 amide bonds. The van der Waals surface area contributed by atoms with E-state index in [-0.39, 0.29) is 18.4 Å². The summed E-state index contributed by atoms with van der Waals surface area (Å²) in [4.78, 5) is 33.6. The molecule has 0 saturated carbocycles. The molecule has 0 saturated heterocycles. The van der Waals surface area contributed by atoms with Crippen LogP contribution in [0.15, 0.2) is 67.1 Å². The van der Waals surface area contributed by atoms with E-state index in [9.17, 15) is 9.59 Å².